The molecule has 0 unspecified atom stereocenters. The average Bonchev–Trinajstić information content (AvgIpc) is 2.84. The Kier molecular flexibility index (Phi) is 8.72. The van der Waals surface area contributed by atoms with Crippen molar-refractivity contribution in [2.45, 2.75) is 26.0 Å². The SMILES string of the molecule is COc1ccc(NC(=O)Nc2ccc3c(c2)C(=O)N(C)C[C@H](OC)[C@@H](C)CN[C@@H](C)CO3)cc1. The zero-order valence-corrected chi connectivity index (χ0v) is 20.4. The van der Waals surface area contributed by atoms with Crippen LogP contribution in [0.4, 0.5) is 16.2 Å². The fraction of sp³-hybridized carbons (Fsp3) is 0.440. The van der Waals surface area contributed by atoms with Crippen LogP contribution in [0.25, 0.3) is 0 Å². The van der Waals surface area contributed by atoms with Crippen molar-refractivity contribution in [3.8, 4) is 11.5 Å². The van der Waals surface area contributed by atoms with E-state index >= 15 is 0 Å². The molecule has 0 spiro atoms. The Hall–Kier alpha value is -3.30. The molecule has 1 aliphatic heterocycles. The van der Waals surface area contributed by atoms with E-state index in [0.717, 1.165) is 6.54 Å². The number of likely N-dealkylation sites (N-methyl/N-ethyl adjacent to an activating group) is 1. The van der Waals surface area contributed by atoms with Crippen molar-refractivity contribution in [1.82, 2.24) is 10.2 Å². The number of methoxy groups -OCH3 is 2. The van der Waals surface area contributed by atoms with E-state index in [2.05, 4.69) is 22.9 Å². The molecule has 3 amide bonds. The van der Waals surface area contributed by atoms with Gasteiger partial charge in [-0.25, -0.2) is 4.79 Å². The first-order chi connectivity index (χ1) is 16.3. The summed E-state index contributed by atoms with van der Waals surface area (Å²) < 4.78 is 16.8. The first-order valence-corrected chi connectivity index (χ1v) is 11.3. The molecule has 9 heteroatoms. The Morgan fingerprint density at radius 2 is 1.76 bits per heavy atom. The third-order valence-electron chi connectivity index (χ3n) is 5.83. The van der Waals surface area contributed by atoms with Crippen LogP contribution in [0.3, 0.4) is 0 Å². The number of amides is 3. The summed E-state index contributed by atoms with van der Waals surface area (Å²) in [4.78, 5) is 27.5. The van der Waals surface area contributed by atoms with E-state index < -0.39 is 6.03 Å². The van der Waals surface area contributed by atoms with Crippen LogP contribution in [-0.2, 0) is 4.74 Å². The fourth-order valence-electron chi connectivity index (χ4n) is 3.71. The Labute approximate surface area is 200 Å². The largest absolute Gasteiger partial charge is 0.497 e. The summed E-state index contributed by atoms with van der Waals surface area (Å²) >= 11 is 0. The molecular weight excluding hydrogens is 436 g/mol. The zero-order valence-electron chi connectivity index (χ0n) is 20.4. The van der Waals surface area contributed by atoms with Crippen LogP contribution in [0.5, 0.6) is 11.5 Å². The lowest BCUT2D eigenvalue weighted by molar-refractivity contribution is 0.0281. The van der Waals surface area contributed by atoms with Gasteiger partial charge in [0.25, 0.3) is 5.91 Å². The molecule has 184 valence electrons. The van der Waals surface area contributed by atoms with Crippen molar-refractivity contribution in [2.24, 2.45) is 5.92 Å². The summed E-state index contributed by atoms with van der Waals surface area (Å²) in [6, 6.07) is 11.7. The molecule has 3 N–H and O–H groups in total. The van der Waals surface area contributed by atoms with Crippen LogP contribution in [-0.4, -0.2) is 69.9 Å². The Bertz CT molecular complexity index is 982. The second kappa shape index (κ2) is 11.7. The lowest BCUT2D eigenvalue weighted by atomic mass is 10.0. The third kappa shape index (κ3) is 6.61. The number of rotatable bonds is 4. The molecule has 0 aromatic heterocycles. The van der Waals surface area contributed by atoms with Gasteiger partial charge >= 0.3 is 6.03 Å². The van der Waals surface area contributed by atoms with Crippen LogP contribution < -0.4 is 25.4 Å². The average molecular weight is 471 g/mol. The van der Waals surface area contributed by atoms with Crippen LogP contribution in [0.15, 0.2) is 42.5 Å². The number of ether oxygens (including phenoxy) is 3. The molecule has 0 radical (unpaired) electrons. The fourth-order valence-corrected chi connectivity index (χ4v) is 3.71. The summed E-state index contributed by atoms with van der Waals surface area (Å²) in [7, 11) is 4.98. The molecule has 0 saturated heterocycles. The normalized spacial score (nSPS) is 21.4. The second-order valence-corrected chi connectivity index (χ2v) is 8.58. The minimum Gasteiger partial charge on any atom is -0.497 e. The predicted octanol–water partition coefficient (Wildman–Crippen LogP) is 3.43. The number of hydrogen-bond acceptors (Lipinski definition) is 6. The maximum atomic E-state index is 13.3. The van der Waals surface area contributed by atoms with E-state index in [4.69, 9.17) is 14.2 Å². The molecule has 1 heterocycles. The Morgan fingerprint density at radius 3 is 2.44 bits per heavy atom. The zero-order chi connectivity index (χ0) is 24.7. The number of benzene rings is 2. The summed E-state index contributed by atoms with van der Waals surface area (Å²) in [6.45, 7) is 5.72. The molecular formula is C25H34N4O5. The highest BCUT2D eigenvalue weighted by Gasteiger charge is 2.25. The lowest BCUT2D eigenvalue weighted by Gasteiger charge is -2.30. The van der Waals surface area contributed by atoms with E-state index in [1.807, 2.05) is 6.92 Å². The number of nitrogens with zero attached hydrogens (tertiary/aromatic N) is 1. The maximum absolute atomic E-state index is 13.3. The standard InChI is InChI=1S/C25H34N4O5/c1-16-13-26-17(2)15-34-22-11-8-19(12-21(22)24(30)29(3)14-23(16)33-5)28-25(31)27-18-6-9-20(32-4)10-7-18/h6-12,16-17,23,26H,13-15H2,1-5H3,(H2,27,28,31)/t16-,17-,23-/m0/s1. The molecule has 9 nitrogen and oxygen atoms in total. The van der Waals surface area contributed by atoms with Gasteiger partial charge in [0.15, 0.2) is 0 Å². The topological polar surface area (TPSA) is 101 Å². The lowest BCUT2D eigenvalue weighted by Crippen LogP contribution is -2.44. The van der Waals surface area contributed by atoms with Crippen LogP contribution in [0.2, 0.25) is 0 Å². The van der Waals surface area contributed by atoms with Crippen molar-refractivity contribution >= 4 is 23.3 Å². The van der Waals surface area contributed by atoms with E-state index in [0.29, 0.717) is 41.6 Å². The maximum Gasteiger partial charge on any atom is 0.323 e. The van der Waals surface area contributed by atoms with Crippen LogP contribution in [0.1, 0.15) is 24.2 Å². The van der Waals surface area contributed by atoms with Gasteiger partial charge in [0.1, 0.15) is 18.1 Å². The van der Waals surface area contributed by atoms with Crippen LogP contribution >= 0.6 is 0 Å². The highest BCUT2D eigenvalue weighted by Crippen LogP contribution is 2.26. The first-order valence-electron chi connectivity index (χ1n) is 11.3. The number of hydrogen-bond donors (Lipinski definition) is 3. The first kappa shape index (κ1) is 25.3. The monoisotopic (exact) mass is 470 g/mol. The molecule has 0 aliphatic carbocycles. The second-order valence-electron chi connectivity index (χ2n) is 8.58. The van der Waals surface area contributed by atoms with Crippen molar-refractivity contribution in [1.29, 1.82) is 0 Å². The Balaban J connectivity index is 1.79. The van der Waals surface area contributed by atoms with Gasteiger partial charge in [0.2, 0.25) is 0 Å². The van der Waals surface area contributed by atoms with E-state index in [1.165, 1.54) is 0 Å². The molecule has 3 rings (SSSR count). The van der Waals surface area contributed by atoms with Crippen LogP contribution in [0, 0.1) is 5.92 Å². The molecule has 2 aromatic rings. The van der Waals surface area contributed by atoms with Crippen molar-refractivity contribution in [3.05, 3.63) is 48.0 Å². The molecule has 0 fully saturated rings. The number of urea groups is 1. The van der Waals surface area contributed by atoms with Crippen molar-refractivity contribution < 1.29 is 23.8 Å². The number of carbonyl (C=O) groups is 2. The smallest absolute Gasteiger partial charge is 0.323 e. The van der Waals surface area contributed by atoms with Gasteiger partial charge in [-0.05, 0) is 55.3 Å². The molecule has 2 aromatic carbocycles. The van der Waals surface area contributed by atoms with Gasteiger partial charge in [0.05, 0.1) is 18.8 Å². The quantitative estimate of drug-likeness (QED) is 0.633. The van der Waals surface area contributed by atoms with Gasteiger partial charge < -0.3 is 35.1 Å². The van der Waals surface area contributed by atoms with Gasteiger partial charge in [-0.1, -0.05) is 6.92 Å². The van der Waals surface area contributed by atoms with Gasteiger partial charge in [-0.3, -0.25) is 4.79 Å². The minimum atomic E-state index is -0.425. The summed E-state index contributed by atoms with van der Waals surface area (Å²) in [5.74, 6) is 1.17. The molecule has 34 heavy (non-hydrogen) atoms. The molecule has 0 saturated carbocycles. The van der Waals surface area contributed by atoms with E-state index in [-0.39, 0.29) is 24.0 Å². The van der Waals surface area contributed by atoms with Crippen molar-refractivity contribution in [2.75, 3.05) is 51.6 Å². The number of carbonyl (C=O) groups excluding carboxylic acids is 2. The predicted molar refractivity (Wildman–Crippen MR) is 132 cm³/mol. The number of fused-ring (bicyclic) bond motifs is 1. The summed E-state index contributed by atoms with van der Waals surface area (Å²) in [5, 5.41) is 9.00. The van der Waals surface area contributed by atoms with Gasteiger partial charge in [-0.2, -0.15) is 0 Å². The van der Waals surface area contributed by atoms with E-state index in [9.17, 15) is 9.59 Å². The van der Waals surface area contributed by atoms with Gasteiger partial charge in [0, 0.05) is 44.7 Å². The highest BCUT2D eigenvalue weighted by molar-refractivity contribution is 6.02. The molecule has 0 bridgehead atoms. The van der Waals surface area contributed by atoms with Crippen molar-refractivity contribution in [3.63, 3.8) is 0 Å². The Morgan fingerprint density at radius 1 is 1.09 bits per heavy atom. The third-order valence-corrected chi connectivity index (χ3v) is 5.83. The number of nitrogens with one attached hydrogen (secondary N) is 3. The van der Waals surface area contributed by atoms with E-state index in [1.54, 1.807) is 68.6 Å². The molecule has 1 aliphatic rings. The molecule has 3 atom stereocenters. The minimum absolute atomic E-state index is 0.0909. The highest BCUT2D eigenvalue weighted by atomic mass is 16.5. The summed E-state index contributed by atoms with van der Waals surface area (Å²) in [5.41, 5.74) is 1.47. The summed E-state index contributed by atoms with van der Waals surface area (Å²) in [6.07, 6.45) is -0.117. The number of anilines is 2. The van der Waals surface area contributed by atoms with Gasteiger partial charge in [-0.15, -0.1) is 0 Å².